The van der Waals surface area contributed by atoms with Gasteiger partial charge in [-0.25, -0.2) is 0 Å². The van der Waals surface area contributed by atoms with Crippen LogP contribution in [0.15, 0.2) is 0 Å². The van der Waals surface area contributed by atoms with Gasteiger partial charge in [-0.05, 0) is 70.3 Å². The summed E-state index contributed by atoms with van der Waals surface area (Å²) in [5.41, 5.74) is 0.268. The largest absolute Gasteiger partial charge is 0.312 e. The molecule has 0 heterocycles. The van der Waals surface area contributed by atoms with Crippen molar-refractivity contribution < 1.29 is 0 Å². The van der Waals surface area contributed by atoms with Gasteiger partial charge in [0.1, 0.15) is 0 Å². The molecule has 3 unspecified atom stereocenters. The molecule has 1 heteroatoms. The smallest absolute Gasteiger partial charge is 0.00966 e. The fourth-order valence-corrected chi connectivity index (χ4v) is 3.49. The minimum atomic E-state index is 0.268. The van der Waals surface area contributed by atoms with Crippen LogP contribution in [0.1, 0.15) is 80.1 Å². The molecule has 1 rings (SSSR count). The quantitative estimate of drug-likeness (QED) is 0.693. The second kappa shape index (κ2) is 7.67. The zero-order valence-corrected chi connectivity index (χ0v) is 14.3. The standard InChI is InChI=1S/C18H37N/c1-7-8-9-16-12-15(14(2)3)10-11-17(16)13-19-18(4,5)6/h14-17,19H,7-13H2,1-6H3. The topological polar surface area (TPSA) is 12.0 Å². The van der Waals surface area contributed by atoms with Crippen LogP contribution in [0.4, 0.5) is 0 Å². The molecule has 0 aliphatic heterocycles. The van der Waals surface area contributed by atoms with Crippen LogP contribution < -0.4 is 5.32 Å². The predicted molar refractivity (Wildman–Crippen MR) is 86.4 cm³/mol. The number of hydrogen-bond acceptors (Lipinski definition) is 1. The van der Waals surface area contributed by atoms with E-state index in [1.165, 1.54) is 45.1 Å². The van der Waals surface area contributed by atoms with E-state index < -0.39 is 0 Å². The average molecular weight is 268 g/mol. The van der Waals surface area contributed by atoms with Gasteiger partial charge < -0.3 is 5.32 Å². The molecule has 1 nitrogen and oxygen atoms in total. The third-order valence-corrected chi connectivity index (χ3v) is 4.95. The molecule has 0 aromatic rings. The van der Waals surface area contributed by atoms with Crippen molar-refractivity contribution in [3.63, 3.8) is 0 Å². The summed E-state index contributed by atoms with van der Waals surface area (Å²) < 4.78 is 0. The van der Waals surface area contributed by atoms with E-state index in [0.29, 0.717) is 0 Å². The van der Waals surface area contributed by atoms with Gasteiger partial charge in [0.05, 0.1) is 0 Å². The Morgan fingerprint density at radius 2 is 1.79 bits per heavy atom. The highest BCUT2D eigenvalue weighted by Gasteiger charge is 2.31. The van der Waals surface area contributed by atoms with Crippen LogP contribution in [0.5, 0.6) is 0 Å². The van der Waals surface area contributed by atoms with Gasteiger partial charge in [-0.2, -0.15) is 0 Å². The highest BCUT2D eigenvalue weighted by atomic mass is 14.9. The Balaban J connectivity index is 2.52. The number of unbranched alkanes of at least 4 members (excludes halogenated alkanes) is 1. The average Bonchev–Trinajstić information content (AvgIpc) is 2.33. The first-order valence-corrected chi connectivity index (χ1v) is 8.58. The van der Waals surface area contributed by atoms with Gasteiger partial charge in [-0.1, -0.05) is 40.0 Å². The third kappa shape index (κ3) is 6.29. The summed E-state index contributed by atoms with van der Waals surface area (Å²) in [7, 11) is 0. The minimum Gasteiger partial charge on any atom is -0.312 e. The lowest BCUT2D eigenvalue weighted by Crippen LogP contribution is -2.42. The van der Waals surface area contributed by atoms with Gasteiger partial charge >= 0.3 is 0 Å². The first-order chi connectivity index (χ1) is 8.83. The van der Waals surface area contributed by atoms with Crippen LogP contribution in [0, 0.1) is 23.7 Å². The van der Waals surface area contributed by atoms with E-state index in [2.05, 4.69) is 46.9 Å². The van der Waals surface area contributed by atoms with E-state index >= 15 is 0 Å². The molecule has 0 aromatic heterocycles. The Morgan fingerprint density at radius 3 is 2.32 bits per heavy atom. The summed E-state index contributed by atoms with van der Waals surface area (Å²) in [4.78, 5) is 0. The molecule has 1 fully saturated rings. The van der Waals surface area contributed by atoms with Crippen molar-refractivity contribution in [2.75, 3.05) is 6.54 Å². The first-order valence-electron chi connectivity index (χ1n) is 8.58. The van der Waals surface area contributed by atoms with Gasteiger partial charge in [-0.15, -0.1) is 0 Å². The lowest BCUT2D eigenvalue weighted by molar-refractivity contribution is 0.130. The summed E-state index contributed by atoms with van der Waals surface area (Å²) in [6, 6.07) is 0. The molecule has 19 heavy (non-hydrogen) atoms. The van der Waals surface area contributed by atoms with E-state index in [0.717, 1.165) is 23.7 Å². The van der Waals surface area contributed by atoms with Crippen molar-refractivity contribution in [1.29, 1.82) is 0 Å². The molecular weight excluding hydrogens is 230 g/mol. The zero-order chi connectivity index (χ0) is 14.5. The number of nitrogens with one attached hydrogen (secondary N) is 1. The van der Waals surface area contributed by atoms with Crippen LogP contribution >= 0.6 is 0 Å². The lowest BCUT2D eigenvalue weighted by atomic mass is 9.69. The van der Waals surface area contributed by atoms with Crippen LogP contribution in [-0.2, 0) is 0 Å². The molecule has 0 aromatic carbocycles. The van der Waals surface area contributed by atoms with E-state index in [1.54, 1.807) is 0 Å². The minimum absolute atomic E-state index is 0.268. The Bertz CT molecular complexity index is 239. The van der Waals surface area contributed by atoms with Gasteiger partial charge in [-0.3, -0.25) is 0 Å². The van der Waals surface area contributed by atoms with Crippen LogP contribution in [0.2, 0.25) is 0 Å². The van der Waals surface area contributed by atoms with Gasteiger partial charge in [0.2, 0.25) is 0 Å². The van der Waals surface area contributed by atoms with Gasteiger partial charge in [0, 0.05) is 5.54 Å². The molecule has 1 aliphatic rings. The third-order valence-electron chi connectivity index (χ3n) is 4.95. The monoisotopic (exact) mass is 267 g/mol. The molecule has 114 valence electrons. The second-order valence-electron chi connectivity index (χ2n) is 8.11. The summed E-state index contributed by atoms with van der Waals surface area (Å²) in [6.45, 7) is 15.2. The van der Waals surface area contributed by atoms with Crippen LogP contribution in [-0.4, -0.2) is 12.1 Å². The van der Waals surface area contributed by atoms with E-state index in [-0.39, 0.29) is 5.54 Å². The zero-order valence-electron chi connectivity index (χ0n) is 14.3. The molecule has 0 amide bonds. The molecule has 1 N–H and O–H groups in total. The molecule has 0 radical (unpaired) electrons. The molecule has 1 saturated carbocycles. The summed E-state index contributed by atoms with van der Waals surface area (Å²) in [6.07, 6.45) is 8.60. The predicted octanol–water partition coefficient (Wildman–Crippen LogP) is 5.25. The van der Waals surface area contributed by atoms with E-state index in [9.17, 15) is 0 Å². The maximum absolute atomic E-state index is 3.74. The molecule has 3 atom stereocenters. The molecule has 1 aliphatic carbocycles. The normalized spacial score (nSPS) is 28.9. The van der Waals surface area contributed by atoms with Crippen LogP contribution in [0.25, 0.3) is 0 Å². The fourth-order valence-electron chi connectivity index (χ4n) is 3.49. The maximum Gasteiger partial charge on any atom is 0.00966 e. The van der Waals surface area contributed by atoms with Gasteiger partial charge in [0.25, 0.3) is 0 Å². The first kappa shape index (κ1) is 17.0. The van der Waals surface area contributed by atoms with Crippen molar-refractivity contribution in [3.05, 3.63) is 0 Å². The number of rotatable bonds is 6. The molecule has 0 bridgehead atoms. The summed E-state index contributed by atoms with van der Waals surface area (Å²) in [5, 5.41) is 3.74. The number of hydrogen-bond donors (Lipinski definition) is 1. The summed E-state index contributed by atoms with van der Waals surface area (Å²) >= 11 is 0. The van der Waals surface area contributed by atoms with Crippen molar-refractivity contribution in [2.24, 2.45) is 23.7 Å². The molecule has 0 spiro atoms. The lowest BCUT2D eigenvalue weighted by Gasteiger charge is -2.39. The Labute approximate surface area is 121 Å². The fraction of sp³-hybridized carbons (Fsp3) is 1.00. The van der Waals surface area contributed by atoms with E-state index in [1.807, 2.05) is 0 Å². The van der Waals surface area contributed by atoms with Crippen molar-refractivity contribution in [3.8, 4) is 0 Å². The highest BCUT2D eigenvalue weighted by molar-refractivity contribution is 4.84. The Hall–Kier alpha value is -0.0400. The van der Waals surface area contributed by atoms with Crippen molar-refractivity contribution in [2.45, 2.75) is 85.6 Å². The molecular formula is C18H37N. The highest BCUT2D eigenvalue weighted by Crippen LogP contribution is 2.39. The van der Waals surface area contributed by atoms with Crippen LogP contribution in [0.3, 0.4) is 0 Å². The Kier molecular flexibility index (Phi) is 6.86. The Morgan fingerprint density at radius 1 is 1.11 bits per heavy atom. The SMILES string of the molecule is CCCCC1CC(C(C)C)CCC1CNC(C)(C)C. The summed E-state index contributed by atoms with van der Waals surface area (Å²) in [5.74, 6) is 3.74. The van der Waals surface area contributed by atoms with Crippen molar-refractivity contribution in [1.82, 2.24) is 5.32 Å². The van der Waals surface area contributed by atoms with Crippen molar-refractivity contribution >= 4 is 0 Å². The second-order valence-corrected chi connectivity index (χ2v) is 8.11. The molecule has 0 saturated heterocycles. The maximum atomic E-state index is 3.74. The van der Waals surface area contributed by atoms with E-state index in [4.69, 9.17) is 0 Å². The van der Waals surface area contributed by atoms with Gasteiger partial charge in [0.15, 0.2) is 0 Å².